The van der Waals surface area contributed by atoms with Gasteiger partial charge in [-0.05, 0) is 25.9 Å². The zero-order valence-corrected chi connectivity index (χ0v) is 11.8. The Hall–Kier alpha value is -0.180. The lowest BCUT2D eigenvalue weighted by Crippen LogP contribution is -2.48. The van der Waals surface area contributed by atoms with Gasteiger partial charge in [-0.3, -0.25) is 4.90 Å². The van der Waals surface area contributed by atoms with Crippen LogP contribution in [0.25, 0.3) is 0 Å². The van der Waals surface area contributed by atoms with Gasteiger partial charge in [-0.1, -0.05) is 41.5 Å². The second-order valence-corrected chi connectivity index (χ2v) is 3.52. The molecule has 0 aliphatic carbocycles. The van der Waals surface area contributed by atoms with Crippen LogP contribution < -0.4 is 0 Å². The van der Waals surface area contributed by atoms with E-state index >= 15 is 0 Å². The summed E-state index contributed by atoms with van der Waals surface area (Å²) in [5, 5.41) is 0. The summed E-state index contributed by atoms with van der Waals surface area (Å²) in [7, 11) is 0. The number of nitrogens with zero attached hydrogens (tertiary/aromatic N) is 1. The molecule has 0 bridgehead atoms. The zero-order chi connectivity index (χ0) is 13.2. The van der Waals surface area contributed by atoms with Crippen molar-refractivity contribution in [3.05, 3.63) is 0 Å². The van der Waals surface area contributed by atoms with E-state index in [1.54, 1.807) is 0 Å². The topological polar surface area (TPSA) is 3.24 Å². The number of halogens is 2. The molecule has 0 N–H and O–H groups in total. The maximum absolute atomic E-state index is 13.3. The molecule has 0 aromatic heterocycles. The Bertz CT molecular complexity index is 149. The lowest BCUT2D eigenvalue weighted by atomic mass is 9.90. The summed E-state index contributed by atoms with van der Waals surface area (Å²) in [6.07, 6.45) is 1.25. The summed E-state index contributed by atoms with van der Waals surface area (Å²) in [5.41, 5.74) is 0. The molecular weight excluding hydrogens is 208 g/mol. The summed E-state index contributed by atoms with van der Waals surface area (Å²) in [6, 6.07) is 0. The zero-order valence-electron chi connectivity index (χ0n) is 11.8. The van der Waals surface area contributed by atoms with Crippen molar-refractivity contribution in [1.82, 2.24) is 4.90 Å². The van der Waals surface area contributed by atoms with Gasteiger partial charge in [-0.2, -0.15) is 0 Å². The van der Waals surface area contributed by atoms with E-state index in [-0.39, 0.29) is 12.5 Å². The maximum Gasteiger partial charge on any atom is 0.263 e. The van der Waals surface area contributed by atoms with E-state index in [0.29, 0.717) is 12.8 Å². The molecule has 1 nitrogen and oxygen atoms in total. The lowest BCUT2D eigenvalue weighted by molar-refractivity contribution is -0.110. The standard InChI is InChI=1S/C9H17F2N.2C2H6/c1-3-8-5-6-12(4-2)7-9(8,10)11;2*1-2/h8H,3-7H2,1-2H3;2*1-2H3. The summed E-state index contributed by atoms with van der Waals surface area (Å²) in [4.78, 5) is 1.83. The van der Waals surface area contributed by atoms with Crippen LogP contribution in [0.2, 0.25) is 0 Å². The Labute approximate surface area is 100 Å². The molecule has 3 heteroatoms. The molecule has 1 heterocycles. The molecule has 0 spiro atoms. The van der Waals surface area contributed by atoms with Gasteiger partial charge >= 0.3 is 0 Å². The van der Waals surface area contributed by atoms with Crippen LogP contribution in [0, 0.1) is 5.92 Å². The molecule has 0 saturated carbocycles. The predicted molar refractivity (Wildman–Crippen MR) is 68.2 cm³/mol. The van der Waals surface area contributed by atoms with E-state index in [1.165, 1.54) is 0 Å². The number of rotatable bonds is 2. The highest BCUT2D eigenvalue weighted by atomic mass is 19.3. The third-order valence-electron chi connectivity index (χ3n) is 2.77. The maximum atomic E-state index is 13.3. The molecular formula is C13H29F2N. The second kappa shape index (κ2) is 10.0. The van der Waals surface area contributed by atoms with Gasteiger partial charge in [0.1, 0.15) is 0 Å². The molecule has 0 radical (unpaired) electrons. The van der Waals surface area contributed by atoms with Crippen LogP contribution in [-0.2, 0) is 0 Å². The predicted octanol–water partition coefficient (Wildman–Crippen LogP) is 4.43. The Morgan fingerprint density at radius 1 is 1.12 bits per heavy atom. The van der Waals surface area contributed by atoms with E-state index in [2.05, 4.69) is 0 Å². The van der Waals surface area contributed by atoms with E-state index < -0.39 is 5.92 Å². The molecule has 1 rings (SSSR count). The van der Waals surface area contributed by atoms with Crippen molar-refractivity contribution in [2.45, 2.75) is 60.3 Å². The Kier molecular flexibility index (Phi) is 11.4. The molecule has 1 fully saturated rings. The van der Waals surface area contributed by atoms with E-state index in [1.807, 2.05) is 46.4 Å². The molecule has 0 amide bonds. The number of hydrogen-bond acceptors (Lipinski definition) is 1. The normalized spacial score (nSPS) is 23.6. The van der Waals surface area contributed by atoms with Gasteiger partial charge in [0.25, 0.3) is 5.92 Å². The average Bonchev–Trinajstić information content (AvgIpc) is 2.33. The number of piperidine rings is 1. The molecule has 0 aromatic carbocycles. The van der Waals surface area contributed by atoms with Crippen molar-refractivity contribution in [2.75, 3.05) is 19.6 Å². The van der Waals surface area contributed by atoms with Gasteiger partial charge in [0, 0.05) is 5.92 Å². The third-order valence-corrected chi connectivity index (χ3v) is 2.77. The molecule has 0 aromatic rings. The lowest BCUT2D eigenvalue weighted by Gasteiger charge is -2.37. The van der Waals surface area contributed by atoms with Crippen molar-refractivity contribution in [1.29, 1.82) is 0 Å². The second-order valence-electron chi connectivity index (χ2n) is 3.52. The fourth-order valence-electron chi connectivity index (χ4n) is 1.83. The summed E-state index contributed by atoms with van der Waals surface area (Å²) < 4.78 is 26.5. The highest BCUT2D eigenvalue weighted by molar-refractivity contribution is 4.85. The third kappa shape index (κ3) is 5.78. The Morgan fingerprint density at radius 3 is 1.94 bits per heavy atom. The monoisotopic (exact) mass is 237 g/mol. The van der Waals surface area contributed by atoms with Gasteiger partial charge in [0.15, 0.2) is 0 Å². The highest BCUT2D eigenvalue weighted by Gasteiger charge is 2.42. The van der Waals surface area contributed by atoms with Gasteiger partial charge in [-0.15, -0.1) is 0 Å². The van der Waals surface area contributed by atoms with Gasteiger partial charge < -0.3 is 0 Å². The molecule has 1 atom stereocenters. The van der Waals surface area contributed by atoms with Crippen LogP contribution in [0.3, 0.4) is 0 Å². The molecule has 1 unspecified atom stereocenters. The number of hydrogen-bond donors (Lipinski definition) is 0. The first kappa shape index (κ1) is 18.2. The van der Waals surface area contributed by atoms with Crippen LogP contribution in [0.15, 0.2) is 0 Å². The van der Waals surface area contributed by atoms with Crippen LogP contribution >= 0.6 is 0 Å². The first-order valence-electron chi connectivity index (χ1n) is 6.70. The van der Waals surface area contributed by atoms with Gasteiger partial charge in [-0.25, -0.2) is 8.78 Å². The smallest absolute Gasteiger partial charge is 0.263 e. The van der Waals surface area contributed by atoms with Gasteiger partial charge in [0.2, 0.25) is 0 Å². The van der Waals surface area contributed by atoms with Crippen molar-refractivity contribution >= 4 is 0 Å². The highest BCUT2D eigenvalue weighted by Crippen LogP contribution is 2.34. The Balaban J connectivity index is 0. The molecule has 1 aliphatic heterocycles. The van der Waals surface area contributed by atoms with E-state index in [9.17, 15) is 8.78 Å². The molecule has 1 aliphatic rings. The SMILES string of the molecule is CC.CC.CCC1CCN(CC)CC1(F)F. The molecule has 16 heavy (non-hydrogen) atoms. The quantitative estimate of drug-likeness (QED) is 0.687. The minimum atomic E-state index is -2.46. The van der Waals surface area contributed by atoms with Crippen molar-refractivity contribution < 1.29 is 8.78 Å². The largest absolute Gasteiger partial charge is 0.298 e. The summed E-state index contributed by atoms with van der Waals surface area (Å²) >= 11 is 0. The Morgan fingerprint density at radius 2 is 1.62 bits per heavy atom. The molecule has 1 saturated heterocycles. The first-order valence-corrected chi connectivity index (χ1v) is 6.70. The van der Waals surface area contributed by atoms with Crippen molar-refractivity contribution in [3.8, 4) is 0 Å². The van der Waals surface area contributed by atoms with Crippen LogP contribution in [-0.4, -0.2) is 30.5 Å². The van der Waals surface area contributed by atoms with E-state index in [0.717, 1.165) is 13.1 Å². The summed E-state index contributed by atoms with van der Waals surface area (Å²) in [5.74, 6) is -2.84. The van der Waals surface area contributed by atoms with Crippen molar-refractivity contribution in [2.24, 2.45) is 5.92 Å². The van der Waals surface area contributed by atoms with Crippen LogP contribution in [0.5, 0.6) is 0 Å². The minimum Gasteiger partial charge on any atom is -0.298 e. The fraction of sp³-hybridized carbons (Fsp3) is 1.00. The van der Waals surface area contributed by atoms with E-state index in [4.69, 9.17) is 0 Å². The minimum absolute atomic E-state index is 0.0397. The van der Waals surface area contributed by atoms with Crippen molar-refractivity contribution in [3.63, 3.8) is 0 Å². The van der Waals surface area contributed by atoms with Crippen LogP contribution in [0.4, 0.5) is 8.78 Å². The van der Waals surface area contributed by atoms with Gasteiger partial charge in [0.05, 0.1) is 6.54 Å². The molecule has 100 valence electrons. The average molecular weight is 237 g/mol. The summed E-state index contributed by atoms with van der Waals surface area (Å²) in [6.45, 7) is 13.3. The number of likely N-dealkylation sites (tertiary alicyclic amines) is 1. The van der Waals surface area contributed by atoms with Crippen LogP contribution in [0.1, 0.15) is 54.4 Å². The first-order chi connectivity index (χ1) is 7.60. The number of alkyl halides is 2. The fourth-order valence-corrected chi connectivity index (χ4v) is 1.83.